The van der Waals surface area contributed by atoms with Crippen molar-refractivity contribution in [1.82, 2.24) is 24.7 Å². The minimum absolute atomic E-state index is 0.198. The smallest absolute Gasteiger partial charge is 0.138 e. The summed E-state index contributed by atoms with van der Waals surface area (Å²) in [6.07, 6.45) is 5.54. The number of nitrogens with two attached hydrogens (primary N) is 1. The molecule has 0 bridgehead atoms. The molecule has 0 aliphatic rings. The first-order valence-electron chi connectivity index (χ1n) is 5.04. The molecule has 0 fully saturated rings. The molecule has 0 saturated heterocycles. The predicted molar refractivity (Wildman–Crippen MR) is 58.4 cm³/mol. The van der Waals surface area contributed by atoms with E-state index in [0.29, 0.717) is 6.42 Å². The monoisotopic (exact) mass is 218 g/mol. The van der Waals surface area contributed by atoms with Gasteiger partial charge in [0.2, 0.25) is 0 Å². The van der Waals surface area contributed by atoms with Gasteiger partial charge >= 0.3 is 0 Å². The van der Waals surface area contributed by atoms with Crippen LogP contribution in [0.25, 0.3) is 0 Å². The highest BCUT2D eigenvalue weighted by atomic mass is 15.3. The average Bonchev–Trinajstić information content (AvgIpc) is 2.65. The van der Waals surface area contributed by atoms with Crippen molar-refractivity contribution in [3.05, 3.63) is 35.9 Å². The average molecular weight is 218 g/mol. The summed E-state index contributed by atoms with van der Waals surface area (Å²) < 4.78 is 1.71. The van der Waals surface area contributed by atoms with Gasteiger partial charge in [-0.2, -0.15) is 5.10 Å². The fraction of sp³-hybridized carbons (Fsp3) is 0.400. The number of hydrogen-bond donors (Lipinski definition) is 1. The minimum atomic E-state index is -0.198. The summed E-state index contributed by atoms with van der Waals surface area (Å²) in [5.74, 6) is 0.842. The van der Waals surface area contributed by atoms with Gasteiger partial charge in [-0.05, 0) is 6.92 Å². The summed E-state index contributed by atoms with van der Waals surface area (Å²) in [6.45, 7) is 1.89. The van der Waals surface area contributed by atoms with Crippen LogP contribution in [0.2, 0.25) is 0 Å². The van der Waals surface area contributed by atoms with Crippen molar-refractivity contribution in [2.24, 2.45) is 12.8 Å². The van der Waals surface area contributed by atoms with Crippen LogP contribution in [-0.4, -0.2) is 24.7 Å². The molecule has 84 valence electrons. The SMILES string of the molecule is Cc1cnc(C(N)Cc2ncnn2C)cn1. The van der Waals surface area contributed by atoms with Crippen molar-refractivity contribution in [2.75, 3.05) is 0 Å². The van der Waals surface area contributed by atoms with Crippen molar-refractivity contribution in [2.45, 2.75) is 19.4 Å². The molecule has 1 unspecified atom stereocenters. The van der Waals surface area contributed by atoms with E-state index in [2.05, 4.69) is 20.1 Å². The Balaban J connectivity index is 2.11. The Hall–Kier alpha value is -1.82. The molecule has 2 heterocycles. The van der Waals surface area contributed by atoms with Gasteiger partial charge in [-0.15, -0.1) is 0 Å². The molecule has 6 nitrogen and oxygen atoms in total. The van der Waals surface area contributed by atoms with Crippen LogP contribution in [0.1, 0.15) is 23.3 Å². The normalized spacial score (nSPS) is 12.7. The lowest BCUT2D eigenvalue weighted by Gasteiger charge is -2.09. The van der Waals surface area contributed by atoms with Crippen LogP contribution >= 0.6 is 0 Å². The first-order chi connectivity index (χ1) is 7.66. The summed E-state index contributed by atoms with van der Waals surface area (Å²) in [5.41, 5.74) is 7.68. The summed E-state index contributed by atoms with van der Waals surface area (Å²) in [6, 6.07) is -0.198. The molecule has 0 aromatic carbocycles. The molecule has 2 aromatic heterocycles. The zero-order valence-electron chi connectivity index (χ0n) is 9.33. The van der Waals surface area contributed by atoms with E-state index in [0.717, 1.165) is 17.2 Å². The van der Waals surface area contributed by atoms with Crippen LogP contribution in [0, 0.1) is 6.92 Å². The van der Waals surface area contributed by atoms with Crippen LogP contribution in [0.5, 0.6) is 0 Å². The third-order valence-corrected chi connectivity index (χ3v) is 2.39. The van der Waals surface area contributed by atoms with E-state index in [-0.39, 0.29) is 6.04 Å². The number of aromatic nitrogens is 5. The zero-order chi connectivity index (χ0) is 11.5. The van der Waals surface area contributed by atoms with Crippen LogP contribution in [0.3, 0.4) is 0 Å². The van der Waals surface area contributed by atoms with Gasteiger partial charge in [0.1, 0.15) is 12.2 Å². The Morgan fingerprint density at radius 2 is 2.12 bits per heavy atom. The Morgan fingerprint density at radius 3 is 2.69 bits per heavy atom. The highest BCUT2D eigenvalue weighted by molar-refractivity contribution is 5.07. The maximum absolute atomic E-state index is 6.02. The lowest BCUT2D eigenvalue weighted by atomic mass is 10.1. The Morgan fingerprint density at radius 1 is 1.31 bits per heavy atom. The standard InChI is InChI=1S/C10H14N6/c1-7-4-13-9(5-12-7)8(11)3-10-14-6-15-16(10)2/h4-6,8H,3,11H2,1-2H3. The van der Waals surface area contributed by atoms with Crippen LogP contribution in [0.15, 0.2) is 18.7 Å². The molecule has 0 aliphatic heterocycles. The number of hydrogen-bond acceptors (Lipinski definition) is 5. The largest absolute Gasteiger partial charge is 0.322 e. The lowest BCUT2D eigenvalue weighted by molar-refractivity contribution is 0.616. The summed E-state index contributed by atoms with van der Waals surface area (Å²) >= 11 is 0. The molecule has 0 amide bonds. The van der Waals surface area contributed by atoms with Gasteiger partial charge in [-0.3, -0.25) is 14.6 Å². The minimum Gasteiger partial charge on any atom is -0.322 e. The molecular formula is C10H14N6. The molecule has 2 aromatic rings. The fourth-order valence-corrected chi connectivity index (χ4v) is 1.40. The van der Waals surface area contributed by atoms with Gasteiger partial charge < -0.3 is 5.73 Å². The van der Waals surface area contributed by atoms with Crippen LogP contribution < -0.4 is 5.73 Å². The molecular weight excluding hydrogens is 204 g/mol. The van der Waals surface area contributed by atoms with Crippen molar-refractivity contribution in [3.8, 4) is 0 Å². The number of nitrogens with zero attached hydrogens (tertiary/aromatic N) is 5. The Labute approximate surface area is 93.6 Å². The van der Waals surface area contributed by atoms with E-state index in [1.54, 1.807) is 17.1 Å². The molecule has 1 atom stereocenters. The third-order valence-electron chi connectivity index (χ3n) is 2.39. The van der Waals surface area contributed by atoms with E-state index in [9.17, 15) is 0 Å². The Bertz CT molecular complexity index is 460. The number of rotatable bonds is 3. The van der Waals surface area contributed by atoms with E-state index in [4.69, 9.17) is 5.73 Å². The van der Waals surface area contributed by atoms with Gasteiger partial charge in [-0.1, -0.05) is 0 Å². The molecule has 2 N–H and O–H groups in total. The summed E-state index contributed by atoms with van der Waals surface area (Å²) in [4.78, 5) is 12.5. The third kappa shape index (κ3) is 2.22. The second-order valence-corrected chi connectivity index (χ2v) is 3.69. The highest BCUT2D eigenvalue weighted by Crippen LogP contribution is 2.10. The molecule has 0 aliphatic carbocycles. The van der Waals surface area contributed by atoms with Gasteiger partial charge in [0, 0.05) is 19.7 Å². The number of aryl methyl sites for hydroxylation is 2. The second-order valence-electron chi connectivity index (χ2n) is 3.69. The van der Waals surface area contributed by atoms with E-state index in [1.165, 1.54) is 6.33 Å². The summed E-state index contributed by atoms with van der Waals surface area (Å²) in [7, 11) is 1.84. The maximum Gasteiger partial charge on any atom is 0.138 e. The highest BCUT2D eigenvalue weighted by Gasteiger charge is 2.11. The van der Waals surface area contributed by atoms with E-state index in [1.807, 2.05) is 14.0 Å². The molecule has 0 radical (unpaired) electrons. The molecule has 16 heavy (non-hydrogen) atoms. The predicted octanol–water partition coefficient (Wildman–Crippen LogP) is 0.156. The first kappa shape index (κ1) is 10.7. The Kier molecular flexibility index (Phi) is 2.91. The van der Waals surface area contributed by atoms with Crippen molar-refractivity contribution >= 4 is 0 Å². The van der Waals surface area contributed by atoms with Crippen molar-refractivity contribution < 1.29 is 0 Å². The van der Waals surface area contributed by atoms with Crippen molar-refractivity contribution in [3.63, 3.8) is 0 Å². The van der Waals surface area contributed by atoms with E-state index < -0.39 is 0 Å². The fourth-order valence-electron chi connectivity index (χ4n) is 1.40. The first-order valence-corrected chi connectivity index (χ1v) is 5.04. The zero-order valence-corrected chi connectivity index (χ0v) is 9.33. The van der Waals surface area contributed by atoms with Gasteiger partial charge in [0.15, 0.2) is 0 Å². The van der Waals surface area contributed by atoms with Gasteiger partial charge in [-0.25, -0.2) is 4.98 Å². The van der Waals surface area contributed by atoms with Crippen LogP contribution in [-0.2, 0) is 13.5 Å². The molecule has 0 spiro atoms. The lowest BCUT2D eigenvalue weighted by Crippen LogP contribution is -2.17. The van der Waals surface area contributed by atoms with Gasteiger partial charge in [0.05, 0.1) is 23.6 Å². The summed E-state index contributed by atoms with van der Waals surface area (Å²) in [5, 5.41) is 3.99. The second kappa shape index (κ2) is 4.36. The maximum atomic E-state index is 6.02. The van der Waals surface area contributed by atoms with Crippen LogP contribution in [0.4, 0.5) is 0 Å². The topological polar surface area (TPSA) is 82.5 Å². The molecule has 0 saturated carbocycles. The van der Waals surface area contributed by atoms with E-state index >= 15 is 0 Å². The molecule has 6 heteroatoms. The van der Waals surface area contributed by atoms with Crippen molar-refractivity contribution in [1.29, 1.82) is 0 Å². The quantitative estimate of drug-likeness (QED) is 0.793. The molecule has 2 rings (SSSR count). The van der Waals surface area contributed by atoms with Gasteiger partial charge in [0.25, 0.3) is 0 Å².